The van der Waals surface area contributed by atoms with Crippen molar-refractivity contribution in [3.05, 3.63) is 71.3 Å². The van der Waals surface area contributed by atoms with Gasteiger partial charge in [-0.15, -0.1) is 0 Å². The van der Waals surface area contributed by atoms with Gasteiger partial charge in [0.15, 0.2) is 0 Å². The molecule has 4 nitrogen and oxygen atoms in total. The van der Waals surface area contributed by atoms with Gasteiger partial charge in [-0.3, -0.25) is 0 Å². The lowest BCUT2D eigenvalue weighted by atomic mass is 9.85. The molecule has 0 spiro atoms. The summed E-state index contributed by atoms with van der Waals surface area (Å²) in [6.45, 7) is 1.50. The Morgan fingerprint density at radius 2 is 1.88 bits per heavy atom. The monoisotopic (exact) mass is 360 g/mol. The number of nitrogens with two attached hydrogens (primary N) is 1. The van der Waals surface area contributed by atoms with Gasteiger partial charge in [0.25, 0.3) is 0 Å². The van der Waals surface area contributed by atoms with Crippen molar-refractivity contribution in [1.82, 2.24) is 4.90 Å². The van der Waals surface area contributed by atoms with Crippen molar-refractivity contribution in [3.8, 4) is 0 Å². The third-order valence-electron chi connectivity index (χ3n) is 4.82. The van der Waals surface area contributed by atoms with Crippen LogP contribution in [0.25, 0.3) is 0 Å². The average molecular weight is 360 g/mol. The van der Waals surface area contributed by atoms with Crippen molar-refractivity contribution >= 4 is 6.09 Å². The number of carbonyl (C=O) groups excluding carboxylic acids is 1. The fourth-order valence-electron chi connectivity index (χ4n) is 3.48. The predicted octanol–water partition coefficient (Wildman–Crippen LogP) is 3.67. The van der Waals surface area contributed by atoms with Gasteiger partial charge in [-0.1, -0.05) is 30.3 Å². The molecule has 1 amide bonds. The van der Waals surface area contributed by atoms with Crippen molar-refractivity contribution in [2.45, 2.75) is 18.9 Å². The normalized spacial score (nSPS) is 18.0. The molecule has 2 unspecified atom stereocenters. The number of nitrogens with zero attached hydrogens (tertiary/aromatic N) is 1. The molecule has 2 aromatic carbocycles. The minimum atomic E-state index is -0.615. The van der Waals surface area contributed by atoms with Gasteiger partial charge in [-0.2, -0.15) is 0 Å². The van der Waals surface area contributed by atoms with Crippen LogP contribution in [0.1, 0.15) is 23.5 Å². The highest BCUT2D eigenvalue weighted by molar-refractivity contribution is 5.68. The number of likely N-dealkylation sites (tertiary alicyclic amines) is 1. The Kier molecular flexibility index (Phi) is 5.83. The lowest BCUT2D eigenvalue weighted by Gasteiger charge is -2.23. The molecule has 2 N–H and O–H groups in total. The topological polar surface area (TPSA) is 55.6 Å². The summed E-state index contributed by atoms with van der Waals surface area (Å²) in [4.78, 5) is 13.9. The fraction of sp³-hybridized carbons (Fsp3) is 0.350. The molecule has 0 bridgehead atoms. The molecule has 2 aromatic rings. The number of rotatable bonds is 5. The van der Waals surface area contributed by atoms with Crippen LogP contribution < -0.4 is 5.73 Å². The third kappa shape index (κ3) is 4.38. The van der Waals surface area contributed by atoms with Crippen LogP contribution >= 0.6 is 0 Å². The maximum absolute atomic E-state index is 13.5. The van der Waals surface area contributed by atoms with Crippen LogP contribution in [0, 0.1) is 17.6 Å². The predicted molar refractivity (Wildman–Crippen MR) is 94.5 cm³/mol. The van der Waals surface area contributed by atoms with E-state index in [1.807, 2.05) is 30.3 Å². The molecule has 0 saturated carbocycles. The van der Waals surface area contributed by atoms with Gasteiger partial charge in [-0.25, -0.2) is 13.6 Å². The van der Waals surface area contributed by atoms with Gasteiger partial charge < -0.3 is 15.4 Å². The van der Waals surface area contributed by atoms with Gasteiger partial charge >= 0.3 is 6.09 Å². The average Bonchev–Trinajstić information content (AvgIpc) is 3.10. The summed E-state index contributed by atoms with van der Waals surface area (Å²) in [6, 6.07) is 12.9. The molecule has 0 aromatic heterocycles. The van der Waals surface area contributed by atoms with E-state index in [0.717, 1.165) is 18.1 Å². The molecule has 0 radical (unpaired) electrons. The van der Waals surface area contributed by atoms with E-state index in [0.29, 0.717) is 18.7 Å². The Balaban J connectivity index is 1.60. The van der Waals surface area contributed by atoms with Crippen LogP contribution in [0.15, 0.2) is 48.5 Å². The third-order valence-corrected chi connectivity index (χ3v) is 4.82. The van der Waals surface area contributed by atoms with Crippen LogP contribution in [0.2, 0.25) is 0 Å². The molecule has 0 aliphatic carbocycles. The van der Waals surface area contributed by atoms with E-state index in [1.54, 1.807) is 4.90 Å². The molecule has 6 heteroatoms. The zero-order chi connectivity index (χ0) is 18.5. The van der Waals surface area contributed by atoms with Crippen LogP contribution in [0.4, 0.5) is 13.6 Å². The summed E-state index contributed by atoms with van der Waals surface area (Å²) < 4.78 is 32.4. The number of hydrogen-bond donors (Lipinski definition) is 1. The van der Waals surface area contributed by atoms with Crippen molar-refractivity contribution in [2.75, 3.05) is 19.6 Å². The van der Waals surface area contributed by atoms with E-state index in [9.17, 15) is 13.6 Å². The Morgan fingerprint density at radius 1 is 1.19 bits per heavy atom. The summed E-state index contributed by atoms with van der Waals surface area (Å²) in [5, 5.41) is 0. The highest BCUT2D eigenvalue weighted by atomic mass is 19.1. The molecule has 1 aliphatic heterocycles. The Bertz CT molecular complexity index is 734. The van der Waals surface area contributed by atoms with E-state index in [1.165, 1.54) is 12.1 Å². The van der Waals surface area contributed by atoms with Crippen LogP contribution in [0.5, 0.6) is 0 Å². The molecule has 138 valence electrons. The van der Waals surface area contributed by atoms with Gasteiger partial charge in [0.2, 0.25) is 0 Å². The minimum Gasteiger partial charge on any atom is -0.445 e. The number of carbonyl (C=O) groups is 1. The Labute approximate surface area is 151 Å². The smallest absolute Gasteiger partial charge is 0.410 e. The van der Waals surface area contributed by atoms with Crippen molar-refractivity contribution in [2.24, 2.45) is 11.7 Å². The summed E-state index contributed by atoms with van der Waals surface area (Å²) in [5.41, 5.74) is 7.32. The number of ether oxygens (including phenoxy) is 1. The standard InChI is InChI=1S/C20H22F2N2O2/c21-17-8-16(9-18(22)10-17)19(11-23)15-6-7-24(12-15)20(25)26-13-14-4-2-1-3-5-14/h1-5,8-10,15,19H,6-7,11-13,23H2. The largest absolute Gasteiger partial charge is 0.445 e. The zero-order valence-corrected chi connectivity index (χ0v) is 14.4. The van der Waals surface area contributed by atoms with E-state index in [4.69, 9.17) is 10.5 Å². The van der Waals surface area contributed by atoms with E-state index in [2.05, 4.69) is 0 Å². The van der Waals surface area contributed by atoms with Gasteiger partial charge in [-0.05, 0) is 42.1 Å². The second kappa shape index (κ2) is 8.27. The summed E-state index contributed by atoms with van der Waals surface area (Å²) in [5.74, 6) is -1.39. The summed E-state index contributed by atoms with van der Waals surface area (Å²) >= 11 is 0. The van der Waals surface area contributed by atoms with E-state index in [-0.39, 0.29) is 31.1 Å². The molecule has 1 aliphatic rings. The van der Waals surface area contributed by atoms with E-state index < -0.39 is 11.6 Å². The number of halogens is 2. The van der Waals surface area contributed by atoms with Crippen LogP contribution in [0.3, 0.4) is 0 Å². The van der Waals surface area contributed by atoms with Gasteiger partial charge in [0.1, 0.15) is 18.2 Å². The number of benzene rings is 2. The lowest BCUT2D eigenvalue weighted by molar-refractivity contribution is 0.102. The molecule has 1 saturated heterocycles. The first kappa shape index (κ1) is 18.3. The molecule has 1 heterocycles. The van der Waals surface area contributed by atoms with Crippen molar-refractivity contribution < 1.29 is 18.3 Å². The molecule has 26 heavy (non-hydrogen) atoms. The summed E-state index contributed by atoms with van der Waals surface area (Å²) in [6.07, 6.45) is 0.345. The maximum atomic E-state index is 13.5. The first-order valence-electron chi connectivity index (χ1n) is 8.68. The fourth-order valence-corrected chi connectivity index (χ4v) is 3.48. The highest BCUT2D eigenvalue weighted by Gasteiger charge is 2.33. The minimum absolute atomic E-state index is 0.0467. The van der Waals surface area contributed by atoms with Crippen molar-refractivity contribution in [1.29, 1.82) is 0 Å². The van der Waals surface area contributed by atoms with Gasteiger partial charge in [0.05, 0.1) is 0 Å². The van der Waals surface area contributed by atoms with Gasteiger partial charge in [0, 0.05) is 25.1 Å². The summed E-state index contributed by atoms with van der Waals surface area (Å²) in [7, 11) is 0. The first-order chi connectivity index (χ1) is 12.6. The Morgan fingerprint density at radius 3 is 2.54 bits per heavy atom. The molecular weight excluding hydrogens is 338 g/mol. The lowest BCUT2D eigenvalue weighted by Crippen LogP contribution is -2.31. The van der Waals surface area contributed by atoms with E-state index >= 15 is 0 Å². The number of hydrogen-bond acceptors (Lipinski definition) is 3. The SMILES string of the molecule is NCC(c1cc(F)cc(F)c1)C1CCN(C(=O)OCc2ccccc2)C1. The van der Waals surface area contributed by atoms with Crippen molar-refractivity contribution in [3.63, 3.8) is 0 Å². The van der Waals surface area contributed by atoms with Crippen LogP contribution in [-0.2, 0) is 11.3 Å². The molecule has 3 rings (SSSR count). The highest BCUT2D eigenvalue weighted by Crippen LogP contribution is 2.32. The molecule has 2 atom stereocenters. The second-order valence-electron chi connectivity index (χ2n) is 6.58. The number of amides is 1. The second-order valence-corrected chi connectivity index (χ2v) is 6.58. The molecular formula is C20H22F2N2O2. The quantitative estimate of drug-likeness (QED) is 0.885. The van der Waals surface area contributed by atoms with Crippen LogP contribution in [-0.4, -0.2) is 30.6 Å². The zero-order valence-electron chi connectivity index (χ0n) is 14.4. The maximum Gasteiger partial charge on any atom is 0.410 e. The molecule has 1 fully saturated rings. The first-order valence-corrected chi connectivity index (χ1v) is 8.68. The Hall–Kier alpha value is -2.47.